The van der Waals surface area contributed by atoms with Gasteiger partial charge in [0.1, 0.15) is 0 Å². The number of nitrogens with zero attached hydrogens (tertiary/aromatic N) is 1. The van der Waals surface area contributed by atoms with E-state index in [9.17, 15) is 0 Å². The zero-order chi connectivity index (χ0) is 22.1. The summed E-state index contributed by atoms with van der Waals surface area (Å²) >= 11 is 0. The molecule has 3 aromatic carbocycles. The van der Waals surface area contributed by atoms with E-state index in [1.165, 1.54) is 76.6 Å². The van der Waals surface area contributed by atoms with E-state index in [1.807, 2.05) is 0 Å². The fourth-order valence-corrected chi connectivity index (χ4v) is 5.37. The van der Waals surface area contributed by atoms with E-state index in [1.54, 1.807) is 0 Å². The SMILES string of the molecule is C=c1c(C2=CC=C(C)C2)c(Cc2ccc(CCN3CCCC3)cc2)c2ccccc2c1=C. The van der Waals surface area contributed by atoms with Crippen LogP contribution in [0.5, 0.6) is 0 Å². The first kappa shape index (κ1) is 21.0. The number of allylic oxidation sites excluding steroid dienone is 4. The minimum Gasteiger partial charge on any atom is -0.303 e. The topological polar surface area (TPSA) is 3.24 Å². The van der Waals surface area contributed by atoms with Crippen LogP contribution in [0.1, 0.15) is 48.4 Å². The maximum Gasteiger partial charge on any atom is 0.00218 e. The fourth-order valence-electron chi connectivity index (χ4n) is 5.37. The Bertz CT molecular complexity index is 1300. The number of likely N-dealkylation sites (tertiary alicyclic amines) is 1. The van der Waals surface area contributed by atoms with Gasteiger partial charge in [0.05, 0.1) is 0 Å². The molecule has 1 heteroatoms. The Balaban J connectivity index is 1.48. The summed E-state index contributed by atoms with van der Waals surface area (Å²) < 4.78 is 0. The van der Waals surface area contributed by atoms with Gasteiger partial charge in [-0.3, -0.25) is 0 Å². The van der Waals surface area contributed by atoms with Gasteiger partial charge in [-0.25, -0.2) is 0 Å². The van der Waals surface area contributed by atoms with Crippen molar-refractivity contribution in [2.24, 2.45) is 0 Å². The van der Waals surface area contributed by atoms with E-state index in [0.717, 1.165) is 29.7 Å². The summed E-state index contributed by atoms with van der Waals surface area (Å²) in [6.07, 6.45) is 10.3. The van der Waals surface area contributed by atoms with Crippen LogP contribution in [-0.2, 0) is 12.8 Å². The molecule has 0 unspecified atom stereocenters. The zero-order valence-corrected chi connectivity index (χ0v) is 19.3. The Kier molecular flexibility index (Phi) is 5.85. The van der Waals surface area contributed by atoms with Crippen LogP contribution in [0.4, 0.5) is 0 Å². The van der Waals surface area contributed by atoms with Crippen molar-refractivity contribution in [1.29, 1.82) is 0 Å². The molecule has 0 atom stereocenters. The van der Waals surface area contributed by atoms with Crippen LogP contribution in [0.2, 0.25) is 0 Å². The van der Waals surface area contributed by atoms with Gasteiger partial charge in [0.15, 0.2) is 0 Å². The third kappa shape index (κ3) is 4.10. The van der Waals surface area contributed by atoms with Crippen LogP contribution in [0.3, 0.4) is 0 Å². The molecule has 1 aliphatic carbocycles. The molecule has 0 radical (unpaired) electrons. The molecule has 0 N–H and O–H groups in total. The van der Waals surface area contributed by atoms with E-state index in [2.05, 4.69) is 85.7 Å². The van der Waals surface area contributed by atoms with Crippen molar-refractivity contribution in [3.63, 3.8) is 0 Å². The minimum absolute atomic E-state index is 0.918. The summed E-state index contributed by atoms with van der Waals surface area (Å²) in [6.45, 7) is 14.8. The minimum atomic E-state index is 0.918. The molecular formula is C31H33N. The molecule has 0 aromatic heterocycles. The molecule has 1 nitrogen and oxygen atoms in total. The molecule has 1 heterocycles. The summed E-state index contributed by atoms with van der Waals surface area (Å²) in [6, 6.07) is 18.0. The van der Waals surface area contributed by atoms with Crippen molar-refractivity contribution >= 4 is 29.5 Å². The lowest BCUT2D eigenvalue weighted by atomic mass is 9.87. The summed E-state index contributed by atoms with van der Waals surface area (Å²) in [5, 5.41) is 4.67. The molecule has 0 amide bonds. The van der Waals surface area contributed by atoms with Crippen LogP contribution in [0.15, 0.2) is 66.3 Å². The Labute approximate surface area is 192 Å². The van der Waals surface area contributed by atoms with Crippen molar-refractivity contribution in [3.8, 4) is 0 Å². The van der Waals surface area contributed by atoms with Gasteiger partial charge in [-0.2, -0.15) is 0 Å². The van der Waals surface area contributed by atoms with Crippen molar-refractivity contribution < 1.29 is 0 Å². The molecule has 0 spiro atoms. The molecule has 5 rings (SSSR count). The first-order valence-electron chi connectivity index (χ1n) is 12.0. The lowest BCUT2D eigenvalue weighted by Crippen LogP contribution is -2.28. The van der Waals surface area contributed by atoms with E-state index in [0.29, 0.717) is 0 Å². The van der Waals surface area contributed by atoms with Gasteiger partial charge in [0, 0.05) is 6.54 Å². The first-order valence-corrected chi connectivity index (χ1v) is 12.0. The molecule has 3 aromatic rings. The molecule has 0 bridgehead atoms. The fraction of sp³-hybridized carbons (Fsp3) is 0.290. The van der Waals surface area contributed by atoms with Gasteiger partial charge >= 0.3 is 0 Å². The summed E-state index contributed by atoms with van der Waals surface area (Å²) in [5.74, 6) is 0. The van der Waals surface area contributed by atoms with Crippen LogP contribution in [0.25, 0.3) is 29.5 Å². The van der Waals surface area contributed by atoms with E-state index >= 15 is 0 Å². The molecule has 1 saturated heterocycles. The molecule has 1 aliphatic heterocycles. The largest absolute Gasteiger partial charge is 0.303 e. The van der Waals surface area contributed by atoms with Gasteiger partial charge < -0.3 is 4.90 Å². The van der Waals surface area contributed by atoms with Crippen LogP contribution >= 0.6 is 0 Å². The van der Waals surface area contributed by atoms with Crippen molar-refractivity contribution in [2.75, 3.05) is 19.6 Å². The van der Waals surface area contributed by atoms with Crippen LogP contribution in [0, 0.1) is 0 Å². The second kappa shape index (κ2) is 8.92. The standard InChI is InChI=1S/C31H33N/c1-22-10-15-27(20-22)31-24(3)23(2)28-8-4-5-9-29(28)30(31)21-26-13-11-25(12-14-26)16-19-32-17-6-7-18-32/h4-5,8-15H,2-3,6-7,16-21H2,1H3. The van der Waals surface area contributed by atoms with Gasteiger partial charge in [-0.05, 0) is 101 Å². The second-order valence-electron chi connectivity index (χ2n) is 9.53. The molecular weight excluding hydrogens is 386 g/mol. The van der Waals surface area contributed by atoms with Crippen LogP contribution in [-0.4, -0.2) is 24.5 Å². The predicted octanol–water partition coefficient (Wildman–Crippen LogP) is 5.62. The average molecular weight is 420 g/mol. The maximum absolute atomic E-state index is 4.49. The Hall–Kier alpha value is -2.90. The second-order valence-corrected chi connectivity index (χ2v) is 9.53. The van der Waals surface area contributed by atoms with E-state index in [-0.39, 0.29) is 0 Å². The molecule has 0 saturated carbocycles. The highest BCUT2D eigenvalue weighted by atomic mass is 15.1. The summed E-state index contributed by atoms with van der Waals surface area (Å²) in [4.78, 5) is 2.59. The highest BCUT2D eigenvalue weighted by molar-refractivity contribution is 5.92. The highest BCUT2D eigenvalue weighted by Gasteiger charge is 2.17. The smallest absolute Gasteiger partial charge is 0.00218 e. The first-order chi connectivity index (χ1) is 15.6. The zero-order valence-electron chi connectivity index (χ0n) is 19.3. The van der Waals surface area contributed by atoms with E-state index < -0.39 is 0 Å². The maximum atomic E-state index is 4.49. The third-order valence-electron chi connectivity index (χ3n) is 7.22. The monoisotopic (exact) mass is 419 g/mol. The summed E-state index contributed by atoms with van der Waals surface area (Å²) in [7, 11) is 0. The van der Waals surface area contributed by atoms with Crippen molar-refractivity contribution in [1.82, 2.24) is 4.90 Å². The lowest BCUT2D eigenvalue weighted by molar-refractivity contribution is 0.343. The van der Waals surface area contributed by atoms with Crippen molar-refractivity contribution in [2.45, 2.75) is 39.0 Å². The van der Waals surface area contributed by atoms with Gasteiger partial charge in [-0.15, -0.1) is 0 Å². The highest BCUT2D eigenvalue weighted by Crippen LogP contribution is 2.31. The Morgan fingerprint density at radius 1 is 0.812 bits per heavy atom. The lowest BCUT2D eigenvalue weighted by Gasteiger charge is -2.17. The predicted molar refractivity (Wildman–Crippen MR) is 139 cm³/mol. The van der Waals surface area contributed by atoms with Crippen molar-refractivity contribution in [3.05, 3.63) is 98.9 Å². The molecule has 2 aliphatic rings. The summed E-state index contributed by atoms with van der Waals surface area (Å²) in [5.41, 5.74) is 8.28. The molecule has 1 fully saturated rings. The number of hydrogen-bond acceptors (Lipinski definition) is 1. The average Bonchev–Trinajstić information content (AvgIpc) is 3.49. The van der Waals surface area contributed by atoms with Crippen LogP contribution < -0.4 is 10.4 Å². The van der Waals surface area contributed by atoms with Gasteiger partial charge in [0.2, 0.25) is 0 Å². The number of hydrogen-bond donors (Lipinski definition) is 0. The van der Waals surface area contributed by atoms with E-state index in [4.69, 9.17) is 0 Å². The number of fused-ring (bicyclic) bond motifs is 1. The normalized spacial score (nSPS) is 16.5. The number of benzene rings is 3. The quantitative estimate of drug-likeness (QED) is 0.501. The Morgan fingerprint density at radius 2 is 1.50 bits per heavy atom. The third-order valence-corrected chi connectivity index (χ3v) is 7.22. The molecule has 162 valence electrons. The molecule has 32 heavy (non-hydrogen) atoms. The van der Waals surface area contributed by atoms with Gasteiger partial charge in [-0.1, -0.05) is 79.4 Å². The number of rotatable bonds is 6. The Morgan fingerprint density at radius 3 is 2.19 bits per heavy atom. The van der Waals surface area contributed by atoms with Gasteiger partial charge in [0.25, 0.3) is 0 Å².